The van der Waals surface area contributed by atoms with E-state index in [4.69, 9.17) is 14.2 Å². The molecule has 9 nitrogen and oxygen atoms in total. The van der Waals surface area contributed by atoms with Crippen LogP contribution in [0.3, 0.4) is 0 Å². The maximum absolute atomic E-state index is 12.7. The van der Waals surface area contributed by atoms with Crippen LogP contribution in [0.25, 0.3) is 0 Å². The summed E-state index contributed by atoms with van der Waals surface area (Å²) < 4.78 is 42.2. The van der Waals surface area contributed by atoms with E-state index < -0.39 is 28.5 Å². The van der Waals surface area contributed by atoms with Gasteiger partial charge in [-0.05, 0) is 24.3 Å². The zero-order valence-corrected chi connectivity index (χ0v) is 18.1. The molecule has 1 heterocycles. The molecule has 3 rings (SSSR count). The lowest BCUT2D eigenvalue weighted by Crippen LogP contribution is -2.51. The molecule has 2 aromatic rings. The maximum Gasteiger partial charge on any atom is 0.342 e. The second-order valence-corrected chi connectivity index (χ2v) is 8.65. The van der Waals surface area contributed by atoms with Gasteiger partial charge in [-0.2, -0.15) is 4.31 Å². The van der Waals surface area contributed by atoms with Crippen molar-refractivity contribution in [1.29, 1.82) is 0 Å². The number of carbonyl (C=O) groups is 2. The van der Waals surface area contributed by atoms with Gasteiger partial charge < -0.3 is 19.1 Å². The minimum Gasteiger partial charge on any atom is -0.493 e. The number of ether oxygens (including phenoxy) is 3. The standard InChI is InChI=1S/C21H24N2O7S/c1-28-18-10-6-9-17(20(18)29-2)21(25)30-15-19(24)22-11-13-23(14-12-22)31(26,27)16-7-4-3-5-8-16/h3-10H,11-15H2,1-2H3. The number of carbonyl (C=O) groups excluding carboxylic acids is 2. The van der Waals surface area contributed by atoms with Crippen molar-refractivity contribution in [2.75, 3.05) is 47.0 Å². The van der Waals surface area contributed by atoms with Crippen molar-refractivity contribution in [3.05, 3.63) is 54.1 Å². The zero-order valence-electron chi connectivity index (χ0n) is 17.3. The van der Waals surface area contributed by atoms with Gasteiger partial charge >= 0.3 is 5.97 Å². The summed E-state index contributed by atoms with van der Waals surface area (Å²) in [6.07, 6.45) is 0. The van der Waals surface area contributed by atoms with E-state index in [1.165, 1.54) is 29.5 Å². The third-order valence-corrected chi connectivity index (χ3v) is 6.83. The quantitative estimate of drug-likeness (QED) is 0.590. The van der Waals surface area contributed by atoms with Gasteiger partial charge in [-0.25, -0.2) is 13.2 Å². The Labute approximate surface area is 181 Å². The number of methoxy groups -OCH3 is 2. The van der Waals surface area contributed by atoms with Gasteiger partial charge in [-0.15, -0.1) is 0 Å². The third-order valence-electron chi connectivity index (χ3n) is 4.92. The number of nitrogens with zero attached hydrogens (tertiary/aromatic N) is 2. The van der Waals surface area contributed by atoms with Gasteiger partial charge in [0, 0.05) is 26.2 Å². The van der Waals surface area contributed by atoms with Crippen molar-refractivity contribution >= 4 is 21.9 Å². The summed E-state index contributed by atoms with van der Waals surface area (Å²) in [7, 11) is -0.745. The summed E-state index contributed by atoms with van der Waals surface area (Å²) >= 11 is 0. The predicted molar refractivity (Wildman–Crippen MR) is 112 cm³/mol. The van der Waals surface area contributed by atoms with Crippen molar-refractivity contribution < 1.29 is 32.2 Å². The highest BCUT2D eigenvalue weighted by Crippen LogP contribution is 2.31. The maximum atomic E-state index is 12.7. The number of hydrogen-bond acceptors (Lipinski definition) is 7. The Morgan fingerprint density at radius 1 is 0.903 bits per heavy atom. The summed E-state index contributed by atoms with van der Waals surface area (Å²) in [5, 5.41) is 0. The van der Waals surface area contributed by atoms with Crippen LogP contribution in [-0.4, -0.2) is 76.5 Å². The van der Waals surface area contributed by atoms with Crippen LogP contribution >= 0.6 is 0 Å². The normalized spacial score (nSPS) is 14.7. The van der Waals surface area contributed by atoms with Crippen LogP contribution in [0, 0.1) is 0 Å². The Kier molecular flexibility index (Phi) is 7.13. The largest absolute Gasteiger partial charge is 0.493 e. The van der Waals surface area contributed by atoms with E-state index in [1.54, 1.807) is 42.5 Å². The molecule has 0 bridgehead atoms. The fourth-order valence-electron chi connectivity index (χ4n) is 3.26. The predicted octanol–water partition coefficient (Wildman–Crippen LogP) is 1.39. The minimum atomic E-state index is -3.60. The first kappa shape index (κ1) is 22.6. The molecule has 0 unspecified atom stereocenters. The molecule has 2 aromatic carbocycles. The van der Waals surface area contributed by atoms with Gasteiger partial charge in [0.15, 0.2) is 18.1 Å². The molecule has 1 aliphatic rings. The molecule has 1 saturated heterocycles. The number of rotatable bonds is 7. The highest BCUT2D eigenvalue weighted by molar-refractivity contribution is 7.89. The van der Waals surface area contributed by atoms with Crippen molar-refractivity contribution in [1.82, 2.24) is 9.21 Å². The van der Waals surface area contributed by atoms with E-state index in [9.17, 15) is 18.0 Å². The van der Waals surface area contributed by atoms with Gasteiger partial charge in [-0.3, -0.25) is 4.79 Å². The van der Waals surface area contributed by atoms with Crippen molar-refractivity contribution in [2.24, 2.45) is 0 Å². The molecule has 10 heteroatoms. The number of amides is 1. The van der Waals surface area contributed by atoms with Crippen molar-refractivity contribution in [3.8, 4) is 11.5 Å². The molecule has 166 valence electrons. The minimum absolute atomic E-state index is 0.147. The average molecular weight is 448 g/mol. The fourth-order valence-corrected chi connectivity index (χ4v) is 4.71. The van der Waals surface area contributed by atoms with Gasteiger partial charge in [0.25, 0.3) is 5.91 Å². The molecular weight excluding hydrogens is 424 g/mol. The Bertz CT molecular complexity index is 1030. The van der Waals surface area contributed by atoms with Crippen LogP contribution in [0.2, 0.25) is 0 Å². The molecule has 0 N–H and O–H groups in total. The Morgan fingerprint density at radius 2 is 1.58 bits per heavy atom. The highest BCUT2D eigenvalue weighted by atomic mass is 32.2. The summed E-state index contributed by atoms with van der Waals surface area (Å²) in [6, 6.07) is 12.9. The average Bonchev–Trinajstić information content (AvgIpc) is 2.82. The number of para-hydroxylation sites is 1. The van der Waals surface area contributed by atoms with Gasteiger partial charge in [0.2, 0.25) is 10.0 Å². The van der Waals surface area contributed by atoms with E-state index in [0.29, 0.717) is 5.75 Å². The van der Waals surface area contributed by atoms with Crippen LogP contribution in [-0.2, 0) is 19.6 Å². The zero-order chi connectivity index (χ0) is 22.4. The van der Waals surface area contributed by atoms with Crippen LogP contribution < -0.4 is 9.47 Å². The first-order chi connectivity index (χ1) is 14.9. The second-order valence-electron chi connectivity index (χ2n) is 6.72. The number of benzene rings is 2. The number of sulfonamides is 1. The summed E-state index contributed by atoms with van der Waals surface area (Å²) in [5.74, 6) is -0.512. The molecule has 31 heavy (non-hydrogen) atoms. The van der Waals surface area contributed by atoms with Crippen molar-refractivity contribution in [2.45, 2.75) is 4.90 Å². The van der Waals surface area contributed by atoms with Crippen LogP contribution in [0.15, 0.2) is 53.4 Å². The summed E-state index contributed by atoms with van der Waals surface area (Å²) in [5.41, 5.74) is 0.147. The lowest BCUT2D eigenvalue weighted by atomic mass is 10.2. The number of hydrogen-bond donors (Lipinski definition) is 0. The lowest BCUT2D eigenvalue weighted by Gasteiger charge is -2.33. The monoisotopic (exact) mass is 448 g/mol. The fraction of sp³-hybridized carbons (Fsp3) is 0.333. The van der Waals surface area contributed by atoms with Crippen LogP contribution in [0.5, 0.6) is 11.5 Å². The molecule has 0 radical (unpaired) electrons. The number of esters is 1. The van der Waals surface area contributed by atoms with Gasteiger partial charge in [0.1, 0.15) is 5.56 Å². The lowest BCUT2D eigenvalue weighted by molar-refractivity contribution is -0.135. The summed E-state index contributed by atoms with van der Waals surface area (Å²) in [6.45, 7) is 0.307. The third kappa shape index (κ3) is 4.97. The SMILES string of the molecule is COc1cccc(C(=O)OCC(=O)N2CCN(S(=O)(=O)c3ccccc3)CC2)c1OC. The van der Waals surface area contributed by atoms with Crippen LogP contribution in [0.4, 0.5) is 0 Å². The van der Waals surface area contributed by atoms with Crippen molar-refractivity contribution in [3.63, 3.8) is 0 Å². The highest BCUT2D eigenvalue weighted by Gasteiger charge is 2.30. The molecule has 1 fully saturated rings. The van der Waals surface area contributed by atoms with E-state index in [1.807, 2.05) is 0 Å². The van der Waals surface area contributed by atoms with E-state index in [0.717, 1.165) is 0 Å². The Balaban J connectivity index is 1.56. The number of piperazine rings is 1. The molecule has 0 aromatic heterocycles. The molecular formula is C21H24N2O7S. The Hall–Kier alpha value is -3.11. The van der Waals surface area contributed by atoms with Gasteiger partial charge in [0.05, 0.1) is 19.1 Å². The molecule has 0 spiro atoms. The molecule has 0 saturated carbocycles. The first-order valence-electron chi connectivity index (χ1n) is 9.59. The molecule has 0 aliphatic carbocycles. The Morgan fingerprint density at radius 3 is 2.19 bits per heavy atom. The molecule has 1 aliphatic heterocycles. The molecule has 1 amide bonds. The first-order valence-corrected chi connectivity index (χ1v) is 11.0. The molecule has 0 atom stereocenters. The van der Waals surface area contributed by atoms with Gasteiger partial charge in [-0.1, -0.05) is 24.3 Å². The topological polar surface area (TPSA) is 102 Å². The van der Waals surface area contributed by atoms with E-state index >= 15 is 0 Å². The van der Waals surface area contributed by atoms with E-state index in [-0.39, 0.29) is 42.4 Å². The van der Waals surface area contributed by atoms with Crippen LogP contribution in [0.1, 0.15) is 10.4 Å². The van der Waals surface area contributed by atoms with E-state index in [2.05, 4.69) is 0 Å². The smallest absolute Gasteiger partial charge is 0.342 e. The summed E-state index contributed by atoms with van der Waals surface area (Å²) in [4.78, 5) is 26.6. The second kappa shape index (κ2) is 9.80.